The smallest absolute Gasteiger partial charge is 0.158 e. The van der Waals surface area contributed by atoms with Crippen LogP contribution in [0.4, 0.5) is 0 Å². The second kappa shape index (κ2) is 5.95. The summed E-state index contributed by atoms with van der Waals surface area (Å²) in [5, 5.41) is 16.8. The van der Waals surface area contributed by atoms with Crippen LogP contribution in [0.25, 0.3) is 0 Å². The monoisotopic (exact) mass is 196 g/mol. The lowest BCUT2D eigenvalue weighted by Gasteiger charge is -1.87. The number of aromatic amines is 1. The minimum Gasteiger partial charge on any atom is -0.368 e. The van der Waals surface area contributed by atoms with Crippen molar-refractivity contribution in [1.82, 2.24) is 9.97 Å². The third kappa shape index (κ3) is 3.33. The van der Waals surface area contributed by atoms with Gasteiger partial charge in [0.2, 0.25) is 0 Å². The predicted octanol–water partition coefficient (Wildman–Crippen LogP) is 1.84. The van der Waals surface area contributed by atoms with Crippen molar-refractivity contribution < 1.29 is 0 Å². The highest BCUT2D eigenvalue weighted by Crippen LogP contribution is 1.99. The molecule has 0 atom stereocenters. The molecule has 0 fully saturated rings. The lowest BCUT2D eigenvalue weighted by atomic mass is 10.2. The van der Waals surface area contributed by atoms with Gasteiger partial charge in [-0.25, -0.2) is 4.98 Å². The van der Waals surface area contributed by atoms with Crippen molar-refractivity contribution in [2.24, 2.45) is 0 Å². The van der Waals surface area contributed by atoms with E-state index in [-0.39, 0.29) is 5.69 Å². The molecule has 0 aliphatic heterocycles. The van der Waals surface area contributed by atoms with E-state index in [4.69, 9.17) is 10.5 Å². The first kappa shape index (κ1) is 10.5. The minimum atomic E-state index is 0.185. The highest BCUT2D eigenvalue weighted by atomic mass is 14.7. The first-order chi connectivity index (χ1) is 7.38. The third-order valence-corrected chi connectivity index (χ3v) is 1.53. The number of H-pyrrole nitrogens is 1. The lowest BCUT2D eigenvalue weighted by molar-refractivity contribution is 1.24. The van der Waals surface area contributed by atoms with Gasteiger partial charge in [-0.05, 0) is 24.3 Å². The van der Waals surface area contributed by atoms with E-state index in [1.165, 1.54) is 6.20 Å². The SMILES string of the molecule is N#Cc1cccnc1C#N.c1cc[nH]c1. The molecular weight excluding hydrogens is 188 g/mol. The van der Waals surface area contributed by atoms with Crippen molar-refractivity contribution in [3.63, 3.8) is 0 Å². The Kier molecular flexibility index (Phi) is 4.16. The summed E-state index contributed by atoms with van der Waals surface area (Å²) >= 11 is 0. The average Bonchev–Trinajstić information content (AvgIpc) is 2.87. The van der Waals surface area contributed by atoms with Crippen LogP contribution < -0.4 is 0 Å². The number of nitrogens with one attached hydrogen (secondary N) is 1. The fraction of sp³-hybridized carbons (Fsp3) is 0. The Morgan fingerprint density at radius 2 is 1.80 bits per heavy atom. The molecule has 2 rings (SSSR count). The molecule has 0 aromatic carbocycles. The number of aromatic nitrogens is 2. The number of rotatable bonds is 0. The van der Waals surface area contributed by atoms with Gasteiger partial charge in [0.15, 0.2) is 5.69 Å². The molecular formula is C11H8N4. The van der Waals surface area contributed by atoms with E-state index in [0.717, 1.165) is 0 Å². The van der Waals surface area contributed by atoms with Crippen LogP contribution in [-0.2, 0) is 0 Å². The summed E-state index contributed by atoms with van der Waals surface area (Å²) in [7, 11) is 0. The van der Waals surface area contributed by atoms with Crippen molar-refractivity contribution >= 4 is 0 Å². The zero-order valence-electron chi connectivity index (χ0n) is 7.88. The summed E-state index contributed by atoms with van der Waals surface area (Å²) in [4.78, 5) is 6.55. The van der Waals surface area contributed by atoms with Gasteiger partial charge in [-0.15, -0.1) is 0 Å². The molecule has 0 aliphatic rings. The van der Waals surface area contributed by atoms with E-state index < -0.39 is 0 Å². The summed E-state index contributed by atoms with van der Waals surface area (Å²) in [5.41, 5.74) is 0.509. The number of nitriles is 2. The summed E-state index contributed by atoms with van der Waals surface area (Å²) in [6, 6.07) is 10.7. The fourth-order valence-electron chi connectivity index (χ4n) is 0.862. The predicted molar refractivity (Wildman–Crippen MR) is 54.5 cm³/mol. The maximum atomic E-state index is 8.41. The Labute approximate surface area is 87.4 Å². The second-order valence-corrected chi connectivity index (χ2v) is 2.51. The average molecular weight is 196 g/mol. The molecule has 0 radical (unpaired) electrons. The molecule has 0 saturated heterocycles. The van der Waals surface area contributed by atoms with Gasteiger partial charge in [0.05, 0.1) is 5.56 Å². The minimum absolute atomic E-state index is 0.185. The van der Waals surface area contributed by atoms with E-state index in [1.807, 2.05) is 36.7 Å². The van der Waals surface area contributed by atoms with E-state index in [0.29, 0.717) is 5.56 Å². The molecule has 2 aromatic heterocycles. The van der Waals surface area contributed by atoms with Crippen LogP contribution in [0, 0.1) is 22.7 Å². The molecule has 2 heterocycles. The van der Waals surface area contributed by atoms with E-state index in [2.05, 4.69) is 9.97 Å². The van der Waals surface area contributed by atoms with Gasteiger partial charge in [-0.1, -0.05) is 0 Å². The van der Waals surface area contributed by atoms with Gasteiger partial charge in [-0.2, -0.15) is 10.5 Å². The Balaban J connectivity index is 0.000000187. The van der Waals surface area contributed by atoms with Crippen LogP contribution in [0.3, 0.4) is 0 Å². The summed E-state index contributed by atoms with van der Waals surface area (Å²) < 4.78 is 0. The topological polar surface area (TPSA) is 76.3 Å². The van der Waals surface area contributed by atoms with Gasteiger partial charge < -0.3 is 4.98 Å². The lowest BCUT2D eigenvalue weighted by Crippen LogP contribution is -1.85. The Morgan fingerprint density at radius 3 is 2.20 bits per heavy atom. The second-order valence-electron chi connectivity index (χ2n) is 2.51. The Morgan fingerprint density at radius 1 is 1.07 bits per heavy atom. The normalized spacial score (nSPS) is 7.87. The van der Waals surface area contributed by atoms with E-state index in [1.54, 1.807) is 12.1 Å². The number of pyridine rings is 1. The number of hydrogen-bond donors (Lipinski definition) is 1. The van der Waals surface area contributed by atoms with Crippen molar-refractivity contribution in [3.05, 3.63) is 54.1 Å². The van der Waals surface area contributed by atoms with Gasteiger partial charge in [0.1, 0.15) is 12.1 Å². The molecule has 0 amide bonds. The van der Waals surface area contributed by atoms with Crippen LogP contribution in [-0.4, -0.2) is 9.97 Å². The molecule has 2 aromatic rings. The highest BCUT2D eigenvalue weighted by Gasteiger charge is 1.97. The molecule has 15 heavy (non-hydrogen) atoms. The van der Waals surface area contributed by atoms with Crippen molar-refractivity contribution in [2.75, 3.05) is 0 Å². The van der Waals surface area contributed by atoms with Crippen LogP contribution >= 0.6 is 0 Å². The van der Waals surface area contributed by atoms with Gasteiger partial charge in [0, 0.05) is 18.6 Å². The first-order valence-corrected chi connectivity index (χ1v) is 4.21. The molecule has 0 aliphatic carbocycles. The van der Waals surface area contributed by atoms with Crippen molar-refractivity contribution in [2.45, 2.75) is 0 Å². The molecule has 0 bridgehead atoms. The molecule has 0 unspecified atom stereocenters. The van der Waals surface area contributed by atoms with E-state index >= 15 is 0 Å². The highest BCUT2D eigenvalue weighted by molar-refractivity contribution is 5.39. The number of hydrogen-bond acceptors (Lipinski definition) is 3. The molecule has 0 saturated carbocycles. The standard InChI is InChI=1S/C7H3N3.C4H5N/c8-4-6-2-1-3-10-7(6)5-9;1-2-4-5-3-1/h1-3H;1-5H. The zero-order valence-corrected chi connectivity index (χ0v) is 7.88. The summed E-state index contributed by atoms with van der Waals surface area (Å²) in [6.07, 6.45) is 5.24. The largest absolute Gasteiger partial charge is 0.368 e. The molecule has 72 valence electrons. The first-order valence-electron chi connectivity index (χ1n) is 4.21. The van der Waals surface area contributed by atoms with Crippen LogP contribution in [0.5, 0.6) is 0 Å². The van der Waals surface area contributed by atoms with Crippen LogP contribution in [0.15, 0.2) is 42.9 Å². The summed E-state index contributed by atoms with van der Waals surface area (Å²) in [5.74, 6) is 0. The van der Waals surface area contributed by atoms with Gasteiger partial charge in [0.25, 0.3) is 0 Å². The van der Waals surface area contributed by atoms with Gasteiger partial charge in [-0.3, -0.25) is 0 Å². The van der Waals surface area contributed by atoms with Crippen molar-refractivity contribution in [3.8, 4) is 12.1 Å². The Bertz CT molecular complexity index is 424. The molecule has 4 nitrogen and oxygen atoms in total. The molecule has 4 heteroatoms. The number of nitrogens with zero attached hydrogens (tertiary/aromatic N) is 3. The van der Waals surface area contributed by atoms with E-state index in [9.17, 15) is 0 Å². The zero-order chi connectivity index (χ0) is 10.9. The van der Waals surface area contributed by atoms with Crippen LogP contribution in [0.2, 0.25) is 0 Å². The maximum Gasteiger partial charge on any atom is 0.158 e. The molecule has 0 spiro atoms. The quantitative estimate of drug-likeness (QED) is 0.698. The fourth-order valence-corrected chi connectivity index (χ4v) is 0.862. The third-order valence-electron chi connectivity index (χ3n) is 1.53. The molecule has 1 N–H and O–H groups in total. The van der Waals surface area contributed by atoms with Gasteiger partial charge >= 0.3 is 0 Å². The van der Waals surface area contributed by atoms with Crippen LogP contribution in [0.1, 0.15) is 11.3 Å². The van der Waals surface area contributed by atoms with Crippen molar-refractivity contribution in [1.29, 1.82) is 10.5 Å². The maximum absolute atomic E-state index is 8.41. The summed E-state index contributed by atoms with van der Waals surface area (Å²) in [6.45, 7) is 0. The Hall–Kier alpha value is -2.59.